The van der Waals surface area contributed by atoms with Crippen LogP contribution in [0.2, 0.25) is 0 Å². The molecule has 0 spiro atoms. The van der Waals surface area contributed by atoms with Crippen molar-refractivity contribution in [2.75, 3.05) is 12.4 Å². The average molecular weight is 333 g/mol. The zero-order valence-electron chi connectivity index (χ0n) is 11.4. The number of pyridine rings is 1. The lowest BCUT2D eigenvalue weighted by Gasteiger charge is -2.27. The molecule has 2 aromatic rings. The second kappa shape index (κ2) is 5.83. The molecule has 0 saturated carbocycles. The molecule has 0 amide bonds. The molecule has 0 saturated heterocycles. The number of halogens is 1. The zero-order valence-corrected chi connectivity index (χ0v) is 13.0. The zero-order chi connectivity index (χ0) is 13.9. The molecule has 1 atom stereocenters. The van der Waals surface area contributed by atoms with E-state index in [2.05, 4.69) is 44.4 Å². The van der Waals surface area contributed by atoms with Crippen LogP contribution in [0.3, 0.4) is 0 Å². The number of aryl methyl sites for hydroxylation is 1. The number of nitrogens with zero attached hydrogens (tertiary/aromatic N) is 1. The number of methoxy groups -OCH3 is 1. The lowest BCUT2D eigenvalue weighted by molar-refractivity contribution is 0.413. The van der Waals surface area contributed by atoms with Crippen molar-refractivity contribution in [1.82, 2.24) is 4.98 Å². The van der Waals surface area contributed by atoms with Gasteiger partial charge in [-0.05, 0) is 70.6 Å². The summed E-state index contributed by atoms with van der Waals surface area (Å²) in [7, 11) is 1.72. The lowest BCUT2D eigenvalue weighted by atomic mass is 9.87. The fourth-order valence-corrected chi connectivity index (χ4v) is 3.11. The van der Waals surface area contributed by atoms with Crippen molar-refractivity contribution >= 4 is 21.6 Å². The Morgan fingerprint density at radius 2 is 2.25 bits per heavy atom. The molecule has 1 N–H and O–H groups in total. The molecule has 0 radical (unpaired) electrons. The van der Waals surface area contributed by atoms with E-state index >= 15 is 0 Å². The Kier molecular flexibility index (Phi) is 3.92. The van der Waals surface area contributed by atoms with Crippen molar-refractivity contribution < 1.29 is 4.74 Å². The van der Waals surface area contributed by atoms with Gasteiger partial charge in [0.2, 0.25) is 0 Å². The number of fused-ring (bicyclic) bond motifs is 1. The van der Waals surface area contributed by atoms with Gasteiger partial charge in [0, 0.05) is 6.20 Å². The number of ether oxygens (including phenoxy) is 1. The van der Waals surface area contributed by atoms with E-state index in [1.54, 1.807) is 13.3 Å². The van der Waals surface area contributed by atoms with Gasteiger partial charge in [-0.2, -0.15) is 0 Å². The number of anilines is 1. The molecule has 1 aromatic carbocycles. The molecule has 0 fully saturated rings. The summed E-state index contributed by atoms with van der Waals surface area (Å²) in [6.07, 6.45) is 5.24. The molecule has 1 unspecified atom stereocenters. The molecule has 0 aliphatic heterocycles. The van der Waals surface area contributed by atoms with E-state index in [0.29, 0.717) is 6.04 Å². The maximum atomic E-state index is 5.31. The fraction of sp³-hybridized carbons (Fsp3) is 0.312. The van der Waals surface area contributed by atoms with Crippen LogP contribution < -0.4 is 10.1 Å². The van der Waals surface area contributed by atoms with E-state index in [4.69, 9.17) is 4.74 Å². The number of aromatic nitrogens is 1. The smallest absolute Gasteiger partial charge is 0.129 e. The highest BCUT2D eigenvalue weighted by molar-refractivity contribution is 9.10. The molecule has 4 heteroatoms. The van der Waals surface area contributed by atoms with Crippen molar-refractivity contribution in [1.29, 1.82) is 0 Å². The SMILES string of the molecule is COc1ccc2c(c1)CCCC2Nc1cccnc1Br. The number of benzene rings is 1. The summed E-state index contributed by atoms with van der Waals surface area (Å²) in [5, 5.41) is 3.59. The lowest BCUT2D eigenvalue weighted by Crippen LogP contribution is -2.17. The monoisotopic (exact) mass is 332 g/mol. The molecule has 0 bridgehead atoms. The van der Waals surface area contributed by atoms with Crippen molar-refractivity contribution in [2.24, 2.45) is 0 Å². The predicted octanol–water partition coefficient (Wildman–Crippen LogP) is 4.34. The van der Waals surface area contributed by atoms with Gasteiger partial charge in [0.15, 0.2) is 0 Å². The molecule has 1 aliphatic carbocycles. The third kappa shape index (κ3) is 2.66. The van der Waals surface area contributed by atoms with Gasteiger partial charge in [-0.1, -0.05) is 6.07 Å². The number of hydrogen-bond acceptors (Lipinski definition) is 3. The third-order valence-electron chi connectivity index (χ3n) is 3.75. The van der Waals surface area contributed by atoms with Gasteiger partial charge in [0.25, 0.3) is 0 Å². The van der Waals surface area contributed by atoms with E-state index in [-0.39, 0.29) is 0 Å². The number of nitrogens with one attached hydrogen (secondary N) is 1. The van der Waals surface area contributed by atoms with Crippen molar-refractivity contribution in [3.05, 3.63) is 52.3 Å². The first-order chi connectivity index (χ1) is 9.78. The van der Waals surface area contributed by atoms with Crippen LogP contribution in [0.25, 0.3) is 0 Å². The predicted molar refractivity (Wildman–Crippen MR) is 84.2 cm³/mol. The van der Waals surface area contributed by atoms with Crippen LogP contribution in [0.5, 0.6) is 5.75 Å². The minimum atomic E-state index is 0.338. The van der Waals surface area contributed by atoms with Crippen LogP contribution in [-0.2, 0) is 6.42 Å². The molecule has 104 valence electrons. The molecular weight excluding hydrogens is 316 g/mol. The molecular formula is C16H17BrN2O. The van der Waals surface area contributed by atoms with Gasteiger partial charge >= 0.3 is 0 Å². The first kappa shape index (κ1) is 13.4. The van der Waals surface area contributed by atoms with Gasteiger partial charge in [0.1, 0.15) is 10.4 Å². The Bertz CT molecular complexity index is 615. The maximum absolute atomic E-state index is 5.31. The Labute approximate surface area is 127 Å². The Morgan fingerprint density at radius 1 is 1.35 bits per heavy atom. The van der Waals surface area contributed by atoms with Crippen molar-refractivity contribution in [3.8, 4) is 5.75 Å². The normalized spacial score (nSPS) is 17.4. The second-order valence-corrected chi connectivity index (χ2v) is 5.75. The van der Waals surface area contributed by atoms with Crippen LogP contribution in [0.1, 0.15) is 30.0 Å². The van der Waals surface area contributed by atoms with Gasteiger partial charge in [-0.15, -0.1) is 0 Å². The number of hydrogen-bond donors (Lipinski definition) is 1. The third-order valence-corrected chi connectivity index (χ3v) is 4.39. The summed E-state index contributed by atoms with van der Waals surface area (Å²) in [6.45, 7) is 0. The van der Waals surface area contributed by atoms with Crippen molar-refractivity contribution in [2.45, 2.75) is 25.3 Å². The first-order valence-electron chi connectivity index (χ1n) is 6.82. The highest BCUT2D eigenvalue weighted by Crippen LogP contribution is 2.35. The standard InChI is InChI=1S/C16H17BrN2O/c1-20-12-7-8-13-11(10-12)4-2-5-14(13)19-15-6-3-9-18-16(15)17/h3,6-10,14,19H,2,4-5H2,1H3. The Hall–Kier alpha value is -1.55. The van der Waals surface area contributed by atoms with Crippen LogP contribution in [0.15, 0.2) is 41.1 Å². The maximum Gasteiger partial charge on any atom is 0.129 e. The summed E-state index contributed by atoms with van der Waals surface area (Å²) in [5.74, 6) is 0.937. The van der Waals surface area contributed by atoms with E-state index < -0.39 is 0 Å². The van der Waals surface area contributed by atoms with E-state index in [0.717, 1.165) is 28.9 Å². The summed E-state index contributed by atoms with van der Waals surface area (Å²) < 4.78 is 6.18. The highest BCUT2D eigenvalue weighted by atomic mass is 79.9. The molecule has 1 aliphatic rings. The molecule has 1 aromatic heterocycles. The first-order valence-corrected chi connectivity index (χ1v) is 7.61. The van der Waals surface area contributed by atoms with Gasteiger partial charge in [0.05, 0.1) is 18.8 Å². The summed E-state index contributed by atoms with van der Waals surface area (Å²) in [5.41, 5.74) is 3.79. The number of rotatable bonds is 3. The molecule has 1 heterocycles. The summed E-state index contributed by atoms with van der Waals surface area (Å²) in [6, 6.07) is 10.7. The van der Waals surface area contributed by atoms with Crippen LogP contribution in [0.4, 0.5) is 5.69 Å². The van der Waals surface area contributed by atoms with Crippen molar-refractivity contribution in [3.63, 3.8) is 0 Å². The molecule has 20 heavy (non-hydrogen) atoms. The van der Waals surface area contributed by atoms with Crippen LogP contribution in [0, 0.1) is 0 Å². The summed E-state index contributed by atoms with van der Waals surface area (Å²) in [4.78, 5) is 4.26. The van der Waals surface area contributed by atoms with Gasteiger partial charge < -0.3 is 10.1 Å². The Morgan fingerprint density at radius 3 is 3.05 bits per heavy atom. The Balaban J connectivity index is 1.88. The van der Waals surface area contributed by atoms with Crippen LogP contribution in [-0.4, -0.2) is 12.1 Å². The average Bonchev–Trinajstić information content (AvgIpc) is 2.49. The van der Waals surface area contributed by atoms with E-state index in [9.17, 15) is 0 Å². The summed E-state index contributed by atoms with van der Waals surface area (Å²) >= 11 is 3.49. The van der Waals surface area contributed by atoms with E-state index in [1.807, 2.05) is 12.1 Å². The van der Waals surface area contributed by atoms with Crippen LogP contribution >= 0.6 is 15.9 Å². The van der Waals surface area contributed by atoms with Gasteiger partial charge in [-0.25, -0.2) is 4.98 Å². The minimum Gasteiger partial charge on any atom is -0.497 e. The quantitative estimate of drug-likeness (QED) is 0.849. The molecule has 3 rings (SSSR count). The topological polar surface area (TPSA) is 34.1 Å². The second-order valence-electron chi connectivity index (χ2n) is 5.00. The largest absolute Gasteiger partial charge is 0.497 e. The minimum absolute atomic E-state index is 0.338. The highest BCUT2D eigenvalue weighted by Gasteiger charge is 2.21. The van der Waals surface area contributed by atoms with E-state index in [1.165, 1.54) is 17.5 Å². The molecule has 3 nitrogen and oxygen atoms in total. The fourth-order valence-electron chi connectivity index (χ4n) is 2.75. The van der Waals surface area contributed by atoms with Gasteiger partial charge in [-0.3, -0.25) is 0 Å².